The molecule has 2 aromatic heterocycles. The molecule has 2 N–H and O–H groups in total. The van der Waals surface area contributed by atoms with E-state index in [9.17, 15) is 0 Å². The smallest absolute Gasteiger partial charge is 0.277 e. The molecule has 0 fully saturated rings. The third-order valence-electron chi connectivity index (χ3n) is 2.01. The molecule has 2 heterocycles. The van der Waals surface area contributed by atoms with Gasteiger partial charge >= 0.3 is 0 Å². The maximum Gasteiger partial charge on any atom is 0.277 e. The molecule has 0 unspecified atom stereocenters. The summed E-state index contributed by atoms with van der Waals surface area (Å²) in [5.41, 5.74) is 6.26. The Morgan fingerprint density at radius 1 is 1.19 bits per heavy atom. The Labute approximate surface area is 96.6 Å². The fourth-order valence-electron chi connectivity index (χ4n) is 1.10. The van der Waals surface area contributed by atoms with E-state index in [-0.39, 0.29) is 6.54 Å². The maximum absolute atomic E-state index is 5.42. The molecule has 0 saturated carbocycles. The van der Waals surface area contributed by atoms with E-state index >= 15 is 0 Å². The number of aryl methyl sites for hydroxylation is 2. The zero-order chi connectivity index (χ0) is 11.5. The van der Waals surface area contributed by atoms with Gasteiger partial charge in [0.25, 0.3) is 5.22 Å². The van der Waals surface area contributed by atoms with Crippen molar-refractivity contribution in [2.75, 3.05) is 0 Å². The van der Waals surface area contributed by atoms with Crippen LogP contribution in [-0.4, -0.2) is 15.2 Å². The van der Waals surface area contributed by atoms with Crippen LogP contribution in [0.5, 0.6) is 0 Å². The van der Waals surface area contributed by atoms with E-state index in [0.717, 1.165) is 11.5 Å². The van der Waals surface area contributed by atoms with E-state index < -0.39 is 0 Å². The van der Waals surface area contributed by atoms with Gasteiger partial charge in [-0.05, 0) is 13.8 Å². The van der Waals surface area contributed by atoms with Gasteiger partial charge in [0.05, 0.1) is 18.0 Å². The third-order valence-corrected chi connectivity index (χ3v) is 2.82. The first-order chi connectivity index (χ1) is 7.69. The largest absolute Gasteiger partial charge is 0.445 e. The van der Waals surface area contributed by atoms with E-state index in [1.54, 1.807) is 0 Å². The van der Waals surface area contributed by atoms with Crippen LogP contribution in [0.25, 0.3) is 0 Å². The van der Waals surface area contributed by atoms with Gasteiger partial charge in [-0.15, -0.1) is 10.2 Å². The van der Waals surface area contributed by atoms with Crippen molar-refractivity contribution >= 4 is 11.8 Å². The minimum absolute atomic E-state index is 0.255. The topological polar surface area (TPSA) is 91.0 Å². The summed E-state index contributed by atoms with van der Waals surface area (Å²) in [6.07, 6.45) is 0. The molecule has 0 aliphatic heterocycles. The van der Waals surface area contributed by atoms with Crippen molar-refractivity contribution in [3.05, 3.63) is 23.2 Å². The van der Waals surface area contributed by atoms with E-state index in [1.807, 2.05) is 13.8 Å². The van der Waals surface area contributed by atoms with Crippen LogP contribution in [0.1, 0.15) is 23.2 Å². The molecular formula is C9H12N4O2S. The Kier molecular flexibility index (Phi) is 3.25. The molecule has 16 heavy (non-hydrogen) atoms. The fourth-order valence-corrected chi connectivity index (χ4v) is 1.73. The van der Waals surface area contributed by atoms with Crippen LogP contribution < -0.4 is 5.73 Å². The van der Waals surface area contributed by atoms with Crippen LogP contribution in [0.3, 0.4) is 0 Å². The Balaban J connectivity index is 1.96. The molecule has 0 radical (unpaired) electrons. The lowest BCUT2D eigenvalue weighted by atomic mass is 10.4. The van der Waals surface area contributed by atoms with Crippen LogP contribution in [0.15, 0.2) is 14.1 Å². The van der Waals surface area contributed by atoms with Gasteiger partial charge in [0, 0.05) is 0 Å². The molecule has 2 rings (SSSR count). The fraction of sp³-hybridized carbons (Fsp3) is 0.444. The number of nitrogens with two attached hydrogens (primary N) is 1. The zero-order valence-corrected chi connectivity index (χ0v) is 9.87. The minimum Gasteiger partial charge on any atom is -0.445 e. The Morgan fingerprint density at radius 2 is 2.00 bits per heavy atom. The first-order valence-corrected chi connectivity index (χ1v) is 5.75. The van der Waals surface area contributed by atoms with Crippen molar-refractivity contribution in [2.45, 2.75) is 31.4 Å². The summed E-state index contributed by atoms with van der Waals surface area (Å²) in [6.45, 7) is 4.05. The average molecular weight is 240 g/mol. The van der Waals surface area contributed by atoms with Gasteiger partial charge in [-0.3, -0.25) is 0 Å². The second-order valence-corrected chi connectivity index (χ2v) is 4.13. The predicted octanol–water partition coefficient (Wildman–Crippen LogP) is 1.43. The summed E-state index contributed by atoms with van der Waals surface area (Å²) in [4.78, 5) is 4.25. The number of nitrogens with zero attached hydrogens (tertiary/aromatic N) is 3. The first-order valence-electron chi connectivity index (χ1n) is 4.77. The number of hydrogen-bond donors (Lipinski definition) is 1. The normalized spacial score (nSPS) is 10.9. The minimum atomic E-state index is 0.255. The lowest BCUT2D eigenvalue weighted by Crippen LogP contribution is -1.95. The van der Waals surface area contributed by atoms with Gasteiger partial charge in [-0.1, -0.05) is 11.8 Å². The quantitative estimate of drug-likeness (QED) is 0.808. The molecule has 6 nitrogen and oxygen atoms in total. The molecule has 0 aromatic carbocycles. The first kappa shape index (κ1) is 11.2. The molecule has 0 saturated heterocycles. The zero-order valence-electron chi connectivity index (χ0n) is 9.06. The summed E-state index contributed by atoms with van der Waals surface area (Å²) in [5, 5.41) is 8.06. The van der Waals surface area contributed by atoms with Crippen molar-refractivity contribution in [2.24, 2.45) is 5.73 Å². The Bertz CT molecular complexity index is 460. The molecule has 0 atom stereocenters. The van der Waals surface area contributed by atoms with E-state index in [2.05, 4.69) is 15.2 Å². The summed E-state index contributed by atoms with van der Waals surface area (Å²) in [6, 6.07) is 0. The average Bonchev–Trinajstić information content (AvgIpc) is 2.84. The second kappa shape index (κ2) is 4.67. The number of rotatable bonds is 4. The van der Waals surface area contributed by atoms with E-state index in [4.69, 9.17) is 14.6 Å². The lowest BCUT2D eigenvalue weighted by molar-refractivity contribution is 0.414. The second-order valence-electron chi connectivity index (χ2n) is 3.20. The van der Waals surface area contributed by atoms with Crippen LogP contribution in [0, 0.1) is 13.8 Å². The van der Waals surface area contributed by atoms with Gasteiger partial charge < -0.3 is 14.6 Å². The van der Waals surface area contributed by atoms with Gasteiger partial charge in [0.15, 0.2) is 0 Å². The molecule has 0 bridgehead atoms. The number of aromatic nitrogens is 3. The van der Waals surface area contributed by atoms with Crippen molar-refractivity contribution in [3.8, 4) is 0 Å². The van der Waals surface area contributed by atoms with E-state index in [0.29, 0.717) is 22.8 Å². The molecule has 0 spiro atoms. The highest BCUT2D eigenvalue weighted by Gasteiger charge is 2.09. The molecule has 86 valence electrons. The Morgan fingerprint density at radius 3 is 2.56 bits per heavy atom. The highest BCUT2D eigenvalue weighted by atomic mass is 32.2. The summed E-state index contributed by atoms with van der Waals surface area (Å²) < 4.78 is 10.7. The number of hydrogen-bond acceptors (Lipinski definition) is 7. The highest BCUT2D eigenvalue weighted by Crippen LogP contribution is 2.21. The monoisotopic (exact) mass is 240 g/mol. The molecular weight excluding hydrogens is 228 g/mol. The van der Waals surface area contributed by atoms with Crippen molar-refractivity contribution < 1.29 is 8.83 Å². The van der Waals surface area contributed by atoms with E-state index in [1.165, 1.54) is 11.8 Å². The lowest BCUT2D eigenvalue weighted by Gasteiger charge is -1.90. The highest BCUT2D eigenvalue weighted by molar-refractivity contribution is 7.98. The standard InChI is InChI=1S/C9H12N4O2S/c1-5-6(2)14-8(11-5)4-16-9-13-12-7(3-10)15-9/h3-4,10H2,1-2H3. The molecule has 0 aliphatic carbocycles. The summed E-state index contributed by atoms with van der Waals surface area (Å²) in [5.74, 6) is 2.50. The van der Waals surface area contributed by atoms with Gasteiger partial charge in [-0.25, -0.2) is 4.98 Å². The Hall–Kier alpha value is -1.34. The summed E-state index contributed by atoms with van der Waals surface area (Å²) in [7, 11) is 0. The van der Waals surface area contributed by atoms with Crippen LogP contribution >= 0.6 is 11.8 Å². The van der Waals surface area contributed by atoms with Gasteiger partial charge in [0.1, 0.15) is 5.76 Å². The predicted molar refractivity (Wildman–Crippen MR) is 57.7 cm³/mol. The number of oxazole rings is 1. The van der Waals surface area contributed by atoms with Gasteiger partial charge in [-0.2, -0.15) is 0 Å². The maximum atomic E-state index is 5.42. The van der Waals surface area contributed by atoms with Crippen LogP contribution in [-0.2, 0) is 12.3 Å². The van der Waals surface area contributed by atoms with Crippen molar-refractivity contribution in [3.63, 3.8) is 0 Å². The van der Waals surface area contributed by atoms with Crippen LogP contribution in [0.4, 0.5) is 0 Å². The van der Waals surface area contributed by atoms with Crippen molar-refractivity contribution in [1.82, 2.24) is 15.2 Å². The molecule has 0 aliphatic rings. The third kappa shape index (κ3) is 2.42. The molecule has 0 amide bonds. The molecule has 2 aromatic rings. The van der Waals surface area contributed by atoms with Gasteiger partial charge in [0.2, 0.25) is 11.8 Å². The summed E-state index contributed by atoms with van der Waals surface area (Å²) >= 11 is 1.38. The van der Waals surface area contributed by atoms with Crippen LogP contribution in [0.2, 0.25) is 0 Å². The molecule has 7 heteroatoms. The number of thioether (sulfide) groups is 1. The SMILES string of the molecule is Cc1nc(CSc2nnc(CN)o2)oc1C. The van der Waals surface area contributed by atoms with Crippen molar-refractivity contribution in [1.29, 1.82) is 0 Å².